The second-order valence-corrected chi connectivity index (χ2v) is 9.97. The van der Waals surface area contributed by atoms with E-state index in [2.05, 4.69) is 10.3 Å². The molecular formula is C27H30N2O4S2. The van der Waals surface area contributed by atoms with Crippen LogP contribution in [0, 0.1) is 6.92 Å². The lowest BCUT2D eigenvalue weighted by atomic mass is 9.92. The number of esters is 1. The molecule has 0 fully saturated rings. The van der Waals surface area contributed by atoms with E-state index in [9.17, 15) is 14.7 Å². The topological polar surface area (TPSA) is 88.5 Å². The number of methoxy groups -OCH3 is 1. The lowest BCUT2D eigenvalue weighted by Crippen LogP contribution is -2.42. The molecule has 1 heterocycles. The first-order valence-electron chi connectivity index (χ1n) is 11.2. The molecule has 2 aromatic carbocycles. The third-order valence-electron chi connectivity index (χ3n) is 5.60. The normalized spacial score (nSPS) is 12.3. The predicted molar refractivity (Wildman–Crippen MR) is 144 cm³/mol. The van der Waals surface area contributed by atoms with Gasteiger partial charge in [-0.3, -0.25) is 9.78 Å². The van der Waals surface area contributed by atoms with Gasteiger partial charge >= 0.3 is 5.97 Å². The van der Waals surface area contributed by atoms with Crippen LogP contribution in [0.3, 0.4) is 0 Å². The fourth-order valence-corrected chi connectivity index (χ4v) is 4.84. The Balaban J connectivity index is 1.97. The van der Waals surface area contributed by atoms with E-state index in [1.165, 1.54) is 18.4 Å². The standard InChI is InChI=1S/C27H30N2O4S2/c1-18-6-4-5-7-22(18)24-14-19(12-20(16-30)13-21-15-28-17-35-21)8-9-23(24)26(31)29-25(10-11-34-3)27(32)33-2/h4-9,13-15,17,25,30H,10-12,16H2,1-3H3,(H,29,31)/b20-13+. The number of benzene rings is 2. The van der Waals surface area contributed by atoms with Gasteiger partial charge in [0.25, 0.3) is 5.91 Å². The van der Waals surface area contributed by atoms with E-state index in [0.29, 0.717) is 18.4 Å². The molecule has 0 saturated heterocycles. The lowest BCUT2D eigenvalue weighted by molar-refractivity contribution is -0.142. The fraction of sp³-hybridized carbons (Fsp3) is 0.296. The number of ether oxygens (including phenoxy) is 1. The Labute approximate surface area is 214 Å². The van der Waals surface area contributed by atoms with Crippen LogP contribution in [0.2, 0.25) is 0 Å². The molecule has 0 saturated carbocycles. The van der Waals surface area contributed by atoms with Gasteiger partial charge in [-0.1, -0.05) is 36.4 Å². The smallest absolute Gasteiger partial charge is 0.328 e. The van der Waals surface area contributed by atoms with Crippen molar-refractivity contribution in [2.24, 2.45) is 0 Å². The molecule has 1 unspecified atom stereocenters. The van der Waals surface area contributed by atoms with Crippen molar-refractivity contribution >= 4 is 41.1 Å². The van der Waals surface area contributed by atoms with Crippen LogP contribution in [0.5, 0.6) is 0 Å². The summed E-state index contributed by atoms with van der Waals surface area (Å²) < 4.78 is 4.90. The number of aliphatic hydroxyl groups excluding tert-OH is 1. The molecule has 6 nitrogen and oxygen atoms in total. The predicted octanol–water partition coefficient (Wildman–Crippen LogP) is 4.76. The van der Waals surface area contributed by atoms with Crippen molar-refractivity contribution < 1.29 is 19.4 Å². The number of aryl methyl sites for hydroxylation is 1. The second kappa shape index (κ2) is 13.2. The van der Waals surface area contributed by atoms with E-state index in [4.69, 9.17) is 4.74 Å². The van der Waals surface area contributed by atoms with Gasteiger partial charge in [0.05, 0.1) is 19.2 Å². The molecule has 184 valence electrons. The van der Waals surface area contributed by atoms with E-state index in [0.717, 1.165) is 38.5 Å². The summed E-state index contributed by atoms with van der Waals surface area (Å²) in [5.74, 6) is -0.0595. The highest BCUT2D eigenvalue weighted by molar-refractivity contribution is 7.98. The van der Waals surface area contributed by atoms with Gasteiger partial charge in [0.2, 0.25) is 0 Å². The molecule has 1 amide bonds. The molecule has 0 aliphatic carbocycles. The summed E-state index contributed by atoms with van der Waals surface area (Å²) in [5.41, 5.74) is 6.82. The summed E-state index contributed by atoms with van der Waals surface area (Å²) in [6, 6.07) is 12.8. The Hall–Kier alpha value is -2.94. The van der Waals surface area contributed by atoms with Crippen molar-refractivity contribution in [2.45, 2.75) is 25.8 Å². The number of nitrogens with one attached hydrogen (secondary N) is 1. The number of carbonyl (C=O) groups is 2. The third-order valence-corrected chi connectivity index (χ3v) is 6.96. The molecule has 2 N–H and O–H groups in total. The number of nitrogens with zero attached hydrogens (tertiary/aromatic N) is 1. The second-order valence-electron chi connectivity index (χ2n) is 8.07. The average Bonchev–Trinajstić information content (AvgIpc) is 3.39. The summed E-state index contributed by atoms with van der Waals surface area (Å²) >= 11 is 3.12. The number of thiazole rings is 1. The Morgan fingerprint density at radius 2 is 2.03 bits per heavy atom. The molecule has 3 aromatic rings. The van der Waals surface area contributed by atoms with Crippen LogP contribution >= 0.6 is 23.1 Å². The minimum atomic E-state index is -0.715. The molecule has 1 atom stereocenters. The first-order chi connectivity index (χ1) is 17.0. The number of amides is 1. The zero-order valence-corrected chi connectivity index (χ0v) is 21.7. The molecule has 8 heteroatoms. The number of carbonyl (C=O) groups excluding carboxylic acids is 2. The molecule has 0 radical (unpaired) electrons. The van der Waals surface area contributed by atoms with Gasteiger partial charge < -0.3 is 15.2 Å². The van der Waals surface area contributed by atoms with E-state index >= 15 is 0 Å². The van der Waals surface area contributed by atoms with E-state index < -0.39 is 12.0 Å². The molecule has 0 aliphatic rings. The Morgan fingerprint density at radius 1 is 1.23 bits per heavy atom. The molecule has 0 spiro atoms. The highest BCUT2D eigenvalue weighted by Gasteiger charge is 2.24. The van der Waals surface area contributed by atoms with Gasteiger partial charge in [-0.05, 0) is 71.7 Å². The van der Waals surface area contributed by atoms with Crippen LogP contribution in [0.4, 0.5) is 0 Å². The Kier molecular flexibility index (Phi) is 10.1. The molecule has 35 heavy (non-hydrogen) atoms. The monoisotopic (exact) mass is 510 g/mol. The van der Waals surface area contributed by atoms with E-state index in [1.54, 1.807) is 29.5 Å². The van der Waals surface area contributed by atoms with Crippen molar-refractivity contribution in [2.75, 3.05) is 25.7 Å². The lowest BCUT2D eigenvalue weighted by Gasteiger charge is -2.19. The number of hydrogen-bond acceptors (Lipinski definition) is 7. The van der Waals surface area contributed by atoms with Gasteiger partial charge in [-0.25, -0.2) is 4.79 Å². The van der Waals surface area contributed by atoms with E-state index in [1.807, 2.05) is 55.7 Å². The average molecular weight is 511 g/mol. The first kappa shape index (κ1) is 26.7. The SMILES string of the molecule is COC(=O)C(CCSC)NC(=O)c1ccc(C/C(=C\c2cncs2)CO)cc1-c1ccccc1C. The maximum absolute atomic E-state index is 13.4. The largest absolute Gasteiger partial charge is 0.467 e. The maximum Gasteiger partial charge on any atom is 0.328 e. The molecule has 3 rings (SSSR count). The van der Waals surface area contributed by atoms with Crippen LogP contribution < -0.4 is 5.32 Å². The molecular weight excluding hydrogens is 480 g/mol. The highest BCUT2D eigenvalue weighted by Crippen LogP contribution is 2.29. The van der Waals surface area contributed by atoms with Crippen LogP contribution in [0.1, 0.15) is 32.8 Å². The van der Waals surface area contributed by atoms with Gasteiger partial charge in [0.1, 0.15) is 6.04 Å². The number of aromatic nitrogens is 1. The maximum atomic E-state index is 13.4. The fourth-order valence-electron chi connectivity index (χ4n) is 3.77. The minimum absolute atomic E-state index is 0.0733. The molecule has 1 aromatic heterocycles. The Bertz CT molecular complexity index is 1180. The quantitative estimate of drug-likeness (QED) is 0.362. The van der Waals surface area contributed by atoms with Crippen molar-refractivity contribution in [3.05, 3.63) is 81.3 Å². The first-order valence-corrected chi connectivity index (χ1v) is 13.5. The molecule has 0 bridgehead atoms. The van der Waals surface area contributed by atoms with Crippen molar-refractivity contribution in [1.29, 1.82) is 0 Å². The summed E-state index contributed by atoms with van der Waals surface area (Å²) in [4.78, 5) is 30.7. The van der Waals surface area contributed by atoms with Crippen LogP contribution in [-0.2, 0) is 16.0 Å². The third kappa shape index (κ3) is 7.27. The number of rotatable bonds is 11. The van der Waals surface area contributed by atoms with Gasteiger partial charge in [0.15, 0.2) is 0 Å². The summed E-state index contributed by atoms with van der Waals surface area (Å²) in [6.45, 7) is 1.93. The molecule has 0 aliphatic heterocycles. The van der Waals surface area contributed by atoms with Crippen LogP contribution in [0.25, 0.3) is 17.2 Å². The number of thioether (sulfide) groups is 1. The Morgan fingerprint density at radius 3 is 2.69 bits per heavy atom. The van der Waals surface area contributed by atoms with Crippen molar-refractivity contribution in [3.63, 3.8) is 0 Å². The van der Waals surface area contributed by atoms with E-state index in [-0.39, 0.29) is 12.5 Å². The van der Waals surface area contributed by atoms with Crippen LogP contribution in [-0.4, -0.2) is 53.7 Å². The summed E-state index contributed by atoms with van der Waals surface area (Å²) in [7, 11) is 1.33. The number of hydrogen-bond donors (Lipinski definition) is 2. The number of aliphatic hydroxyl groups is 1. The zero-order chi connectivity index (χ0) is 25.2. The summed E-state index contributed by atoms with van der Waals surface area (Å²) in [6.07, 6.45) is 6.68. The highest BCUT2D eigenvalue weighted by atomic mass is 32.2. The van der Waals surface area contributed by atoms with Crippen molar-refractivity contribution in [1.82, 2.24) is 10.3 Å². The van der Waals surface area contributed by atoms with Gasteiger partial charge in [0, 0.05) is 16.6 Å². The van der Waals surface area contributed by atoms with Gasteiger partial charge in [-0.2, -0.15) is 11.8 Å². The minimum Gasteiger partial charge on any atom is -0.467 e. The zero-order valence-electron chi connectivity index (χ0n) is 20.1. The van der Waals surface area contributed by atoms with Gasteiger partial charge in [-0.15, -0.1) is 11.3 Å². The van der Waals surface area contributed by atoms with Crippen molar-refractivity contribution in [3.8, 4) is 11.1 Å². The van der Waals surface area contributed by atoms with Crippen LogP contribution in [0.15, 0.2) is 59.7 Å². The summed E-state index contributed by atoms with van der Waals surface area (Å²) in [5, 5.41) is 12.8.